The Balaban J connectivity index is 1.48. The number of carbonyl (C=O) groups excluding carboxylic acids is 1. The van der Waals surface area contributed by atoms with Crippen LogP contribution in [0.3, 0.4) is 0 Å². The van der Waals surface area contributed by atoms with Crippen LogP contribution in [0.15, 0.2) is 52.5 Å². The van der Waals surface area contributed by atoms with Gasteiger partial charge in [-0.2, -0.15) is 4.31 Å². The van der Waals surface area contributed by atoms with E-state index in [-0.39, 0.29) is 16.5 Å². The minimum absolute atomic E-state index is 0.0273. The van der Waals surface area contributed by atoms with E-state index in [1.54, 1.807) is 12.1 Å². The Morgan fingerprint density at radius 3 is 2.50 bits per heavy atom. The average molecular weight is 425 g/mol. The van der Waals surface area contributed by atoms with Crippen LogP contribution in [-0.4, -0.2) is 55.5 Å². The molecule has 0 atom stereocenters. The molecule has 1 aromatic heterocycles. The number of aromatic nitrogens is 1. The lowest BCUT2D eigenvalue weighted by Crippen LogP contribution is -2.40. The number of rotatable bonds is 8. The van der Waals surface area contributed by atoms with Gasteiger partial charge >= 0.3 is 0 Å². The Hall–Kier alpha value is -1.81. The third-order valence-corrected chi connectivity index (χ3v) is 7.19. The zero-order valence-electron chi connectivity index (χ0n) is 15.2. The van der Waals surface area contributed by atoms with Crippen molar-refractivity contribution in [2.45, 2.75) is 22.8 Å². The molecule has 2 aromatic rings. The smallest absolute Gasteiger partial charge is 0.244 e. The van der Waals surface area contributed by atoms with E-state index in [1.165, 1.54) is 46.5 Å². The van der Waals surface area contributed by atoms with Crippen LogP contribution in [-0.2, 0) is 14.8 Å². The number of Topliss-reactive ketones (excluding diaryl/α,β-unsaturated/α-hetero) is 1. The maximum atomic E-state index is 12.9. The number of morpholine rings is 1. The van der Waals surface area contributed by atoms with Crippen LogP contribution in [0.4, 0.5) is 4.39 Å². The highest BCUT2D eigenvalue weighted by molar-refractivity contribution is 7.99. The summed E-state index contributed by atoms with van der Waals surface area (Å²) in [7, 11) is -3.54. The van der Waals surface area contributed by atoms with Crippen molar-refractivity contribution in [2.24, 2.45) is 0 Å². The van der Waals surface area contributed by atoms with Crippen molar-refractivity contribution in [1.29, 1.82) is 0 Å². The number of nitrogens with zero attached hydrogens (tertiary/aromatic N) is 2. The third kappa shape index (κ3) is 5.38. The third-order valence-electron chi connectivity index (χ3n) is 4.28. The fraction of sp³-hybridized carbons (Fsp3) is 0.368. The molecule has 0 radical (unpaired) electrons. The Morgan fingerprint density at radius 2 is 1.86 bits per heavy atom. The number of carbonyl (C=O) groups is 1. The van der Waals surface area contributed by atoms with Crippen molar-refractivity contribution in [3.05, 3.63) is 54.0 Å². The van der Waals surface area contributed by atoms with Crippen LogP contribution < -0.4 is 0 Å². The minimum atomic E-state index is -3.54. The number of hydrogen-bond acceptors (Lipinski definition) is 6. The zero-order chi connectivity index (χ0) is 20.0. The molecule has 0 N–H and O–H groups in total. The normalized spacial score (nSPS) is 15.5. The molecule has 3 rings (SSSR count). The van der Waals surface area contributed by atoms with Gasteiger partial charge in [0.2, 0.25) is 10.0 Å². The molecule has 0 amide bonds. The van der Waals surface area contributed by atoms with Gasteiger partial charge in [-0.25, -0.2) is 17.8 Å². The first-order valence-corrected chi connectivity index (χ1v) is 11.3. The van der Waals surface area contributed by atoms with Gasteiger partial charge in [-0.05, 0) is 48.6 Å². The predicted molar refractivity (Wildman–Crippen MR) is 105 cm³/mol. The highest BCUT2D eigenvalue weighted by atomic mass is 32.2. The van der Waals surface area contributed by atoms with Crippen LogP contribution in [0.25, 0.3) is 0 Å². The van der Waals surface area contributed by atoms with Gasteiger partial charge in [-0.1, -0.05) is 0 Å². The molecule has 1 fully saturated rings. The van der Waals surface area contributed by atoms with Gasteiger partial charge in [-0.3, -0.25) is 4.79 Å². The van der Waals surface area contributed by atoms with Crippen LogP contribution in [0.5, 0.6) is 0 Å². The van der Waals surface area contributed by atoms with Crippen molar-refractivity contribution >= 4 is 27.6 Å². The SMILES string of the molecule is O=C(CCCSc1ccc(S(=O)(=O)N2CCOCC2)cn1)c1ccc(F)cc1. The van der Waals surface area contributed by atoms with Gasteiger partial charge in [0.1, 0.15) is 10.7 Å². The molecule has 0 unspecified atom stereocenters. The molecule has 0 bridgehead atoms. The molecular formula is C19H21FN2O4S2. The second-order valence-corrected chi connectivity index (χ2v) is 9.28. The summed E-state index contributed by atoms with van der Waals surface area (Å²) in [5.41, 5.74) is 0.502. The second-order valence-electron chi connectivity index (χ2n) is 6.23. The summed E-state index contributed by atoms with van der Waals surface area (Å²) >= 11 is 1.46. The Morgan fingerprint density at radius 1 is 1.14 bits per heavy atom. The number of ketones is 1. The number of pyridine rings is 1. The van der Waals surface area contributed by atoms with E-state index in [0.717, 1.165) is 0 Å². The van der Waals surface area contributed by atoms with Gasteiger partial charge in [-0.15, -0.1) is 11.8 Å². The van der Waals surface area contributed by atoms with Crippen molar-refractivity contribution in [3.8, 4) is 0 Å². The van der Waals surface area contributed by atoms with Crippen LogP contribution in [0.2, 0.25) is 0 Å². The van der Waals surface area contributed by atoms with E-state index in [9.17, 15) is 17.6 Å². The first-order valence-electron chi connectivity index (χ1n) is 8.92. The highest BCUT2D eigenvalue weighted by Crippen LogP contribution is 2.21. The lowest BCUT2D eigenvalue weighted by Gasteiger charge is -2.25. The Kier molecular flexibility index (Phi) is 7.17. The summed E-state index contributed by atoms with van der Waals surface area (Å²) < 4.78 is 44.6. The molecule has 1 saturated heterocycles. The van der Waals surface area contributed by atoms with Crippen molar-refractivity contribution in [3.63, 3.8) is 0 Å². The molecule has 28 heavy (non-hydrogen) atoms. The Bertz CT molecular complexity index is 897. The molecular weight excluding hydrogens is 403 g/mol. The van der Waals surface area contributed by atoms with Gasteiger partial charge in [0.15, 0.2) is 5.78 Å². The Labute approximate surface area is 168 Å². The average Bonchev–Trinajstić information content (AvgIpc) is 2.72. The minimum Gasteiger partial charge on any atom is -0.379 e. The molecule has 2 heterocycles. The maximum absolute atomic E-state index is 12.9. The first-order chi connectivity index (χ1) is 13.5. The lowest BCUT2D eigenvalue weighted by molar-refractivity contribution is 0.0730. The lowest BCUT2D eigenvalue weighted by atomic mass is 10.1. The monoisotopic (exact) mass is 424 g/mol. The number of ether oxygens (including phenoxy) is 1. The maximum Gasteiger partial charge on any atom is 0.244 e. The zero-order valence-corrected chi connectivity index (χ0v) is 16.8. The second kappa shape index (κ2) is 9.60. The summed E-state index contributed by atoms with van der Waals surface area (Å²) in [4.78, 5) is 16.4. The van der Waals surface area contributed by atoms with Crippen molar-refractivity contribution in [2.75, 3.05) is 32.1 Å². The largest absolute Gasteiger partial charge is 0.379 e. The summed E-state index contributed by atoms with van der Waals surface area (Å²) in [5.74, 6) is 0.285. The van der Waals surface area contributed by atoms with Gasteiger partial charge in [0.05, 0.1) is 18.2 Å². The summed E-state index contributed by atoms with van der Waals surface area (Å²) in [5, 5.41) is 0.704. The number of thioether (sulfide) groups is 1. The van der Waals surface area contributed by atoms with Crippen LogP contribution >= 0.6 is 11.8 Å². The molecule has 150 valence electrons. The van der Waals surface area contributed by atoms with E-state index < -0.39 is 10.0 Å². The van der Waals surface area contributed by atoms with Crippen LogP contribution in [0.1, 0.15) is 23.2 Å². The van der Waals surface area contributed by atoms with E-state index in [1.807, 2.05) is 0 Å². The fourth-order valence-electron chi connectivity index (χ4n) is 2.73. The topological polar surface area (TPSA) is 76.6 Å². The van der Waals surface area contributed by atoms with Crippen molar-refractivity contribution in [1.82, 2.24) is 9.29 Å². The molecule has 1 aromatic carbocycles. The van der Waals surface area contributed by atoms with Gasteiger partial charge < -0.3 is 4.74 Å². The van der Waals surface area contributed by atoms with E-state index in [4.69, 9.17) is 4.74 Å². The first kappa shape index (κ1) is 20.9. The van der Waals surface area contributed by atoms with Gasteiger partial charge in [0.25, 0.3) is 0 Å². The molecule has 1 aliphatic rings. The van der Waals surface area contributed by atoms with Gasteiger partial charge in [0, 0.05) is 31.3 Å². The molecule has 0 spiro atoms. The van der Waals surface area contributed by atoms with Crippen molar-refractivity contribution < 1.29 is 22.3 Å². The predicted octanol–water partition coefficient (Wildman–Crippen LogP) is 3.00. The number of hydrogen-bond donors (Lipinski definition) is 0. The number of sulfonamides is 1. The molecule has 1 aliphatic heterocycles. The highest BCUT2D eigenvalue weighted by Gasteiger charge is 2.26. The van der Waals surface area contributed by atoms with E-state index in [2.05, 4.69) is 4.98 Å². The number of halogens is 1. The molecule has 6 nitrogen and oxygen atoms in total. The van der Waals surface area contributed by atoms with Crippen LogP contribution in [0, 0.1) is 5.82 Å². The standard InChI is InChI=1S/C19H21FN2O4S2/c20-16-5-3-15(4-6-16)18(23)2-1-13-27-19-8-7-17(14-21-19)28(24,25)22-9-11-26-12-10-22/h3-8,14H,1-2,9-13H2. The fourth-order valence-corrected chi connectivity index (χ4v) is 4.87. The molecule has 9 heteroatoms. The quantitative estimate of drug-likeness (QED) is 0.368. The number of benzene rings is 1. The van der Waals surface area contributed by atoms with E-state index in [0.29, 0.717) is 55.5 Å². The summed E-state index contributed by atoms with van der Waals surface area (Å²) in [6.45, 7) is 1.50. The summed E-state index contributed by atoms with van der Waals surface area (Å²) in [6.07, 6.45) is 2.38. The summed E-state index contributed by atoms with van der Waals surface area (Å²) in [6, 6.07) is 8.76. The van der Waals surface area contributed by atoms with E-state index >= 15 is 0 Å². The molecule has 0 aliphatic carbocycles. The molecule has 0 saturated carbocycles.